The normalized spacial score (nSPS) is 36.0. The Balaban J connectivity index is 2.16. The van der Waals surface area contributed by atoms with Crippen molar-refractivity contribution in [3.8, 4) is 0 Å². The van der Waals surface area contributed by atoms with E-state index in [0.717, 1.165) is 13.0 Å². The molecule has 6 heteroatoms. The zero-order valence-corrected chi connectivity index (χ0v) is 11.6. The molecule has 0 saturated carbocycles. The Kier molecular flexibility index (Phi) is 4.17. The molecular formula is C12H20N2O3S. The quantitative estimate of drug-likeness (QED) is 0.787. The number of carbonyl (C=O) groups is 2. The van der Waals surface area contributed by atoms with Gasteiger partial charge in [0.25, 0.3) is 0 Å². The summed E-state index contributed by atoms with van der Waals surface area (Å²) in [6, 6.07) is -0.653. The third kappa shape index (κ3) is 2.36. The lowest BCUT2D eigenvalue weighted by Gasteiger charge is -2.30. The van der Waals surface area contributed by atoms with E-state index in [4.69, 9.17) is 0 Å². The lowest BCUT2D eigenvalue weighted by molar-refractivity contribution is -0.151. The molecule has 2 N–H and O–H groups in total. The molecule has 102 valence electrons. The second kappa shape index (κ2) is 5.48. The van der Waals surface area contributed by atoms with Crippen molar-refractivity contribution in [2.45, 2.75) is 31.7 Å². The summed E-state index contributed by atoms with van der Waals surface area (Å²) in [4.78, 5) is 25.4. The van der Waals surface area contributed by atoms with Crippen molar-refractivity contribution in [2.75, 3.05) is 18.8 Å². The molecule has 2 aliphatic heterocycles. The molecule has 0 radical (unpaired) electrons. The standard InChI is InChI=1S/C12H20N2O3S/c1-3-10-14(9(6-18-10)12(16)17)11(15)8-5-13-4-7(8)2/h7-10,13H,3-6H2,1-2H3,(H,16,17). The van der Waals surface area contributed by atoms with Crippen molar-refractivity contribution >= 4 is 23.6 Å². The maximum absolute atomic E-state index is 12.6. The summed E-state index contributed by atoms with van der Waals surface area (Å²) in [5.41, 5.74) is 0. The van der Waals surface area contributed by atoms with Gasteiger partial charge >= 0.3 is 5.97 Å². The van der Waals surface area contributed by atoms with Gasteiger partial charge in [-0.2, -0.15) is 0 Å². The molecule has 2 saturated heterocycles. The van der Waals surface area contributed by atoms with Crippen LogP contribution in [0.2, 0.25) is 0 Å². The Labute approximate surface area is 111 Å². The van der Waals surface area contributed by atoms with E-state index in [1.54, 1.807) is 16.7 Å². The summed E-state index contributed by atoms with van der Waals surface area (Å²) in [5, 5.41) is 12.5. The maximum atomic E-state index is 12.6. The molecule has 5 nitrogen and oxygen atoms in total. The number of carboxylic acids is 1. The minimum Gasteiger partial charge on any atom is -0.480 e. The van der Waals surface area contributed by atoms with Gasteiger partial charge in [-0.15, -0.1) is 11.8 Å². The number of nitrogens with one attached hydrogen (secondary N) is 1. The van der Waals surface area contributed by atoms with Crippen molar-refractivity contribution in [1.29, 1.82) is 0 Å². The van der Waals surface area contributed by atoms with Crippen LogP contribution in [0.5, 0.6) is 0 Å². The van der Waals surface area contributed by atoms with Gasteiger partial charge in [-0.1, -0.05) is 13.8 Å². The van der Waals surface area contributed by atoms with E-state index in [2.05, 4.69) is 5.32 Å². The average Bonchev–Trinajstić information content (AvgIpc) is 2.93. The van der Waals surface area contributed by atoms with E-state index >= 15 is 0 Å². The molecule has 2 heterocycles. The van der Waals surface area contributed by atoms with Crippen LogP contribution < -0.4 is 5.32 Å². The highest BCUT2D eigenvalue weighted by molar-refractivity contribution is 8.00. The molecule has 2 aliphatic rings. The van der Waals surface area contributed by atoms with Crippen LogP contribution in [0.4, 0.5) is 0 Å². The fourth-order valence-electron chi connectivity index (χ4n) is 2.70. The maximum Gasteiger partial charge on any atom is 0.327 e. The number of hydrogen-bond acceptors (Lipinski definition) is 4. The highest BCUT2D eigenvalue weighted by Gasteiger charge is 2.44. The van der Waals surface area contributed by atoms with E-state index in [0.29, 0.717) is 12.3 Å². The van der Waals surface area contributed by atoms with Gasteiger partial charge < -0.3 is 15.3 Å². The topological polar surface area (TPSA) is 69.6 Å². The van der Waals surface area contributed by atoms with Crippen molar-refractivity contribution in [1.82, 2.24) is 10.2 Å². The van der Waals surface area contributed by atoms with Crippen LogP contribution in [0.15, 0.2) is 0 Å². The lowest BCUT2D eigenvalue weighted by atomic mass is 9.96. The van der Waals surface area contributed by atoms with Gasteiger partial charge in [0.1, 0.15) is 6.04 Å². The van der Waals surface area contributed by atoms with Gasteiger partial charge in [-0.3, -0.25) is 4.79 Å². The molecule has 0 aromatic heterocycles. The van der Waals surface area contributed by atoms with Crippen LogP contribution >= 0.6 is 11.8 Å². The van der Waals surface area contributed by atoms with Gasteiger partial charge in [0.05, 0.1) is 11.3 Å². The lowest BCUT2D eigenvalue weighted by Crippen LogP contribution is -2.49. The first-order chi connectivity index (χ1) is 8.56. The summed E-state index contributed by atoms with van der Waals surface area (Å²) in [7, 11) is 0. The largest absolute Gasteiger partial charge is 0.480 e. The molecule has 0 aromatic carbocycles. The van der Waals surface area contributed by atoms with Crippen LogP contribution in [0.3, 0.4) is 0 Å². The van der Waals surface area contributed by atoms with Crippen LogP contribution in [0, 0.1) is 11.8 Å². The van der Waals surface area contributed by atoms with Crippen molar-refractivity contribution < 1.29 is 14.7 Å². The minimum atomic E-state index is -0.884. The number of carbonyl (C=O) groups excluding carboxylic acids is 1. The smallest absolute Gasteiger partial charge is 0.327 e. The summed E-state index contributed by atoms with van der Waals surface area (Å²) in [6.45, 7) is 5.55. The first kappa shape index (κ1) is 13.7. The average molecular weight is 272 g/mol. The van der Waals surface area contributed by atoms with Crippen LogP contribution in [0.1, 0.15) is 20.3 Å². The molecule has 0 aliphatic carbocycles. The molecule has 0 aromatic rings. The number of rotatable bonds is 3. The van der Waals surface area contributed by atoms with Crippen molar-refractivity contribution in [3.05, 3.63) is 0 Å². The zero-order valence-electron chi connectivity index (χ0n) is 10.8. The second-order valence-corrected chi connectivity index (χ2v) is 6.25. The third-order valence-electron chi connectivity index (χ3n) is 3.82. The Bertz CT molecular complexity index is 350. The SMILES string of the molecule is CCC1SCC(C(=O)O)N1C(=O)C1CNCC1C. The molecular weight excluding hydrogens is 252 g/mol. The number of thioether (sulfide) groups is 1. The van der Waals surface area contributed by atoms with E-state index in [1.807, 2.05) is 13.8 Å². The molecule has 4 unspecified atom stereocenters. The van der Waals surface area contributed by atoms with Gasteiger partial charge in [-0.25, -0.2) is 4.79 Å². The highest BCUT2D eigenvalue weighted by atomic mass is 32.2. The summed E-state index contributed by atoms with van der Waals surface area (Å²) in [5.74, 6) is -0.148. The number of amides is 1. The van der Waals surface area contributed by atoms with E-state index < -0.39 is 12.0 Å². The molecule has 4 atom stereocenters. The molecule has 1 amide bonds. The molecule has 0 bridgehead atoms. The minimum absolute atomic E-state index is 0.0109. The van der Waals surface area contributed by atoms with Crippen LogP contribution in [-0.2, 0) is 9.59 Å². The molecule has 2 rings (SSSR count). The van der Waals surface area contributed by atoms with Crippen LogP contribution in [-0.4, -0.2) is 52.1 Å². The van der Waals surface area contributed by atoms with E-state index in [1.165, 1.54) is 0 Å². The van der Waals surface area contributed by atoms with Gasteiger partial charge in [-0.05, 0) is 18.9 Å². The van der Waals surface area contributed by atoms with Gasteiger partial charge in [0, 0.05) is 12.3 Å². The summed E-state index contributed by atoms with van der Waals surface area (Å²) in [6.07, 6.45) is 0.800. The number of carboxylic acid groups (broad SMARTS) is 1. The fourth-order valence-corrected chi connectivity index (χ4v) is 4.05. The molecule has 0 spiro atoms. The van der Waals surface area contributed by atoms with E-state index in [-0.39, 0.29) is 23.1 Å². The number of hydrogen-bond donors (Lipinski definition) is 2. The Morgan fingerprint density at radius 1 is 1.44 bits per heavy atom. The first-order valence-electron chi connectivity index (χ1n) is 6.43. The Morgan fingerprint density at radius 2 is 2.17 bits per heavy atom. The predicted octanol–water partition coefficient (Wildman–Crippen LogP) is 0.607. The summed E-state index contributed by atoms with van der Waals surface area (Å²) >= 11 is 1.58. The predicted molar refractivity (Wildman–Crippen MR) is 70.3 cm³/mol. The monoisotopic (exact) mass is 272 g/mol. The fraction of sp³-hybridized carbons (Fsp3) is 0.833. The number of aliphatic carboxylic acids is 1. The molecule has 18 heavy (non-hydrogen) atoms. The zero-order chi connectivity index (χ0) is 13.3. The van der Waals surface area contributed by atoms with Crippen molar-refractivity contribution in [2.24, 2.45) is 11.8 Å². The van der Waals surface area contributed by atoms with E-state index in [9.17, 15) is 14.7 Å². The Morgan fingerprint density at radius 3 is 2.67 bits per heavy atom. The van der Waals surface area contributed by atoms with Gasteiger partial charge in [0.2, 0.25) is 5.91 Å². The van der Waals surface area contributed by atoms with Crippen molar-refractivity contribution in [3.63, 3.8) is 0 Å². The third-order valence-corrected chi connectivity index (χ3v) is 5.27. The first-order valence-corrected chi connectivity index (χ1v) is 7.48. The Hall–Kier alpha value is -0.750. The summed E-state index contributed by atoms with van der Waals surface area (Å²) < 4.78 is 0. The second-order valence-electron chi connectivity index (χ2n) is 5.04. The van der Waals surface area contributed by atoms with Crippen LogP contribution in [0.25, 0.3) is 0 Å². The highest BCUT2D eigenvalue weighted by Crippen LogP contribution is 2.34. The van der Waals surface area contributed by atoms with Gasteiger partial charge in [0.15, 0.2) is 0 Å². The molecule has 2 fully saturated rings. The number of nitrogens with zero attached hydrogens (tertiary/aromatic N) is 1.